The Hall–Kier alpha value is -5.50. The molecule has 0 spiro atoms. The fourth-order valence-corrected chi connectivity index (χ4v) is 3.83. The van der Waals surface area contributed by atoms with E-state index in [4.69, 9.17) is 42.3 Å². The minimum absolute atomic E-state index is 0.0159. The predicted molar refractivity (Wildman–Crippen MR) is 197 cm³/mol. The lowest BCUT2D eigenvalue weighted by Crippen LogP contribution is -2.09. The van der Waals surface area contributed by atoms with Crippen molar-refractivity contribution in [2.75, 3.05) is 62.3 Å². The summed E-state index contributed by atoms with van der Waals surface area (Å²) in [6, 6.07) is 18.5. The molecule has 0 aromatic heterocycles. The van der Waals surface area contributed by atoms with Gasteiger partial charge in [-0.1, -0.05) is 32.8 Å². The lowest BCUT2D eigenvalue weighted by molar-refractivity contribution is -0.384. The fourth-order valence-electron chi connectivity index (χ4n) is 3.83. The van der Waals surface area contributed by atoms with Crippen molar-refractivity contribution in [2.24, 2.45) is 0 Å². The quantitative estimate of drug-likeness (QED) is 0.0423. The molecule has 0 heterocycles. The minimum atomic E-state index is -0.822. The van der Waals surface area contributed by atoms with Gasteiger partial charge < -0.3 is 47.2 Å². The zero-order chi connectivity index (χ0) is 37.6. The number of nitrogen functional groups attached to an aromatic ring is 4. The first-order valence-electron chi connectivity index (χ1n) is 15.9. The van der Waals surface area contributed by atoms with Crippen LogP contribution in [0, 0.1) is 21.7 Å². The first kappa shape index (κ1) is 42.5. The van der Waals surface area contributed by atoms with E-state index in [2.05, 4.69) is 13.8 Å². The minimum Gasteiger partial charge on any atom is -0.508 e. The Morgan fingerprint density at radius 1 is 0.780 bits per heavy atom. The Labute approximate surface area is 292 Å². The van der Waals surface area contributed by atoms with Crippen LogP contribution in [0.4, 0.5) is 42.9 Å². The summed E-state index contributed by atoms with van der Waals surface area (Å²) in [5, 5.41) is 18.8. The van der Waals surface area contributed by atoms with E-state index >= 15 is 0 Å². The highest BCUT2D eigenvalue weighted by atomic mass is 19.1. The SMILES string of the molecule is CCCCCOc1cc(N(C)C)ccc1N.CCCOc1cc(N)ccc1COC.Nc1cc(F)c(N)c(F)c1.O=[N+]([O-])c1ccc(O)cc1. The van der Waals surface area contributed by atoms with Gasteiger partial charge in [-0.3, -0.25) is 10.1 Å². The molecule has 4 aromatic carbocycles. The maximum absolute atomic E-state index is 12.4. The molecule has 9 N–H and O–H groups in total. The molecule has 274 valence electrons. The number of benzene rings is 4. The largest absolute Gasteiger partial charge is 0.508 e. The molecule has 50 heavy (non-hydrogen) atoms. The van der Waals surface area contributed by atoms with Gasteiger partial charge in [-0.2, -0.15) is 0 Å². The van der Waals surface area contributed by atoms with Crippen molar-refractivity contribution in [3.05, 3.63) is 100 Å². The molecule has 0 aliphatic rings. The van der Waals surface area contributed by atoms with Crippen LogP contribution in [0.15, 0.2) is 72.8 Å². The van der Waals surface area contributed by atoms with E-state index in [0.29, 0.717) is 18.9 Å². The highest BCUT2D eigenvalue weighted by molar-refractivity contribution is 5.62. The van der Waals surface area contributed by atoms with E-state index in [1.165, 1.54) is 37.1 Å². The van der Waals surface area contributed by atoms with Gasteiger partial charge in [-0.25, -0.2) is 8.78 Å². The number of rotatable bonds is 12. The Balaban J connectivity index is 0.000000340. The highest BCUT2D eigenvalue weighted by Gasteiger charge is 2.06. The second kappa shape index (κ2) is 23.0. The summed E-state index contributed by atoms with van der Waals surface area (Å²) in [5.74, 6) is 0.0107. The normalized spacial score (nSPS) is 9.90. The summed E-state index contributed by atoms with van der Waals surface area (Å²) >= 11 is 0. The molecule has 4 rings (SSSR count). The third-order valence-electron chi connectivity index (χ3n) is 6.53. The van der Waals surface area contributed by atoms with Gasteiger partial charge in [0.2, 0.25) is 0 Å². The molecule has 14 heteroatoms. The van der Waals surface area contributed by atoms with Gasteiger partial charge in [0.05, 0.1) is 30.4 Å². The number of unbranched alkanes of at least 4 members (excludes halogenated alkanes) is 2. The monoisotopic (exact) mass is 700 g/mol. The number of nitrogens with two attached hydrogens (primary N) is 4. The number of aromatic hydroxyl groups is 1. The maximum Gasteiger partial charge on any atom is 0.269 e. The number of phenols is 1. The summed E-state index contributed by atoms with van der Waals surface area (Å²) < 4.78 is 41.1. The summed E-state index contributed by atoms with van der Waals surface area (Å²) in [7, 11) is 5.68. The summed E-state index contributed by atoms with van der Waals surface area (Å²) in [5.41, 5.74) is 24.7. The number of non-ortho nitro benzene ring substituents is 1. The molecule has 0 aliphatic carbocycles. The zero-order valence-electron chi connectivity index (χ0n) is 29.3. The van der Waals surface area contributed by atoms with Gasteiger partial charge in [0.15, 0.2) is 11.6 Å². The second-order valence-electron chi connectivity index (χ2n) is 11.0. The van der Waals surface area contributed by atoms with Gasteiger partial charge in [-0.05, 0) is 55.3 Å². The number of nitro benzene ring substituents is 1. The lowest BCUT2D eigenvalue weighted by Gasteiger charge is -2.15. The van der Waals surface area contributed by atoms with Crippen LogP contribution in [0.5, 0.6) is 17.2 Å². The lowest BCUT2D eigenvalue weighted by atomic mass is 10.2. The highest BCUT2D eigenvalue weighted by Crippen LogP contribution is 2.27. The number of phenolic OH excluding ortho intramolecular Hbond substituents is 1. The molecule has 12 nitrogen and oxygen atoms in total. The summed E-state index contributed by atoms with van der Waals surface area (Å²) in [6.45, 7) is 6.26. The van der Waals surface area contributed by atoms with Crippen LogP contribution in [0.2, 0.25) is 0 Å². The molecule has 0 unspecified atom stereocenters. The number of nitro groups is 1. The first-order chi connectivity index (χ1) is 23.7. The Morgan fingerprint density at radius 2 is 1.40 bits per heavy atom. The first-order valence-corrected chi connectivity index (χ1v) is 15.9. The van der Waals surface area contributed by atoms with Crippen LogP contribution in [0.3, 0.4) is 0 Å². The standard InChI is InChI=1S/C13H22N2O.C11H17NO2.C6H6F2N2.C6H5NO3/c1-4-5-6-9-16-13-10-11(15(2)3)7-8-12(13)14;1-3-6-14-11-7-10(12)5-4-9(11)8-13-2;7-4-1-3(9)2-5(8)6(4)10;8-6-3-1-5(2-4-6)7(9)10/h7-8,10H,4-6,9,14H2,1-3H3;4-5,7H,3,6,8,12H2,1-2H3;1-2H,9-10H2;1-4,8H. The van der Waals surface area contributed by atoms with Gasteiger partial charge in [0.25, 0.3) is 5.69 Å². The van der Waals surface area contributed by atoms with Crippen molar-refractivity contribution < 1.29 is 33.0 Å². The number of anilines is 5. The molecular formula is C36H50F2N6O6. The number of hydrogen-bond acceptors (Lipinski definition) is 11. The number of methoxy groups -OCH3 is 1. The van der Waals surface area contributed by atoms with Crippen molar-refractivity contribution in [3.8, 4) is 17.2 Å². The molecule has 0 aliphatic heterocycles. The number of ether oxygens (including phenoxy) is 3. The van der Waals surface area contributed by atoms with Gasteiger partial charge in [0, 0.05) is 68.1 Å². The Kier molecular flexibility index (Phi) is 19.5. The molecule has 0 bridgehead atoms. The van der Waals surface area contributed by atoms with Crippen LogP contribution in [-0.4, -0.2) is 44.4 Å². The van der Waals surface area contributed by atoms with E-state index in [0.717, 1.165) is 60.0 Å². The van der Waals surface area contributed by atoms with Crippen LogP contribution >= 0.6 is 0 Å². The van der Waals surface area contributed by atoms with E-state index in [-0.39, 0.29) is 17.1 Å². The van der Waals surface area contributed by atoms with Crippen molar-refractivity contribution in [3.63, 3.8) is 0 Å². The smallest absolute Gasteiger partial charge is 0.269 e. The number of nitrogens with zero attached hydrogens (tertiary/aromatic N) is 2. The van der Waals surface area contributed by atoms with E-state index < -0.39 is 22.2 Å². The molecule has 0 amide bonds. The van der Waals surface area contributed by atoms with E-state index in [9.17, 15) is 18.9 Å². The fraction of sp³-hybridized carbons (Fsp3) is 0.333. The van der Waals surface area contributed by atoms with E-state index in [1.807, 2.05) is 55.4 Å². The maximum atomic E-state index is 12.4. The third-order valence-corrected chi connectivity index (χ3v) is 6.53. The van der Waals surface area contributed by atoms with Crippen molar-refractivity contribution in [2.45, 2.75) is 46.1 Å². The zero-order valence-corrected chi connectivity index (χ0v) is 29.3. The average Bonchev–Trinajstić information content (AvgIpc) is 3.07. The van der Waals surface area contributed by atoms with Crippen LogP contribution < -0.4 is 37.3 Å². The molecule has 0 radical (unpaired) electrons. The Morgan fingerprint density at radius 3 is 1.94 bits per heavy atom. The second-order valence-corrected chi connectivity index (χ2v) is 11.0. The summed E-state index contributed by atoms with van der Waals surface area (Å²) in [6.07, 6.45) is 4.48. The van der Waals surface area contributed by atoms with Crippen LogP contribution in [0.1, 0.15) is 45.1 Å². The average molecular weight is 701 g/mol. The van der Waals surface area contributed by atoms with Crippen molar-refractivity contribution in [1.29, 1.82) is 0 Å². The predicted octanol–water partition coefficient (Wildman–Crippen LogP) is 7.54. The number of hydrogen-bond donors (Lipinski definition) is 5. The van der Waals surface area contributed by atoms with Crippen LogP contribution in [-0.2, 0) is 11.3 Å². The third kappa shape index (κ3) is 16.1. The topological polar surface area (TPSA) is 198 Å². The summed E-state index contributed by atoms with van der Waals surface area (Å²) in [4.78, 5) is 11.6. The van der Waals surface area contributed by atoms with Crippen LogP contribution in [0.25, 0.3) is 0 Å². The van der Waals surface area contributed by atoms with E-state index in [1.54, 1.807) is 7.11 Å². The van der Waals surface area contributed by atoms with Crippen molar-refractivity contribution in [1.82, 2.24) is 0 Å². The molecule has 0 saturated heterocycles. The molecule has 4 aromatic rings. The number of halogens is 2. The molecule has 0 saturated carbocycles. The van der Waals surface area contributed by atoms with Gasteiger partial charge in [-0.15, -0.1) is 0 Å². The molecule has 0 fully saturated rings. The molecule has 0 atom stereocenters. The van der Waals surface area contributed by atoms with Gasteiger partial charge in [0.1, 0.15) is 22.9 Å². The van der Waals surface area contributed by atoms with Gasteiger partial charge >= 0.3 is 0 Å². The Bertz CT molecular complexity index is 1570. The van der Waals surface area contributed by atoms with Crippen molar-refractivity contribution >= 4 is 34.1 Å². The molecular weight excluding hydrogens is 650 g/mol.